The number of unbranched alkanes of at least 4 members (excludes halogenated alkanes) is 5. The van der Waals surface area contributed by atoms with Crippen molar-refractivity contribution in [1.82, 2.24) is 0 Å². The number of hydrogen-bond acceptors (Lipinski definition) is 2. The summed E-state index contributed by atoms with van der Waals surface area (Å²) in [7, 11) is 0. The Morgan fingerprint density at radius 2 is 1.68 bits per heavy atom. The van der Waals surface area contributed by atoms with Crippen LogP contribution >= 0.6 is 15.9 Å². The number of aliphatic hydroxyl groups excluding tert-OH is 1. The lowest BCUT2D eigenvalue weighted by molar-refractivity contribution is 0.0975. The Morgan fingerprint density at radius 1 is 1.05 bits per heavy atom. The van der Waals surface area contributed by atoms with Crippen molar-refractivity contribution in [3.63, 3.8) is 0 Å². The largest absolute Gasteiger partial charge is 0.491 e. The molecule has 0 fully saturated rings. The first kappa shape index (κ1) is 16.5. The standard InChI is InChI=1S/C16H25BrO2/c1-2-3-4-5-6-7-8-15(18)13-19-16-11-9-14(17)10-12-16/h9-12,15,18H,2-8,13H2,1H3. The second kappa shape index (κ2) is 10.3. The molecule has 0 heterocycles. The molecule has 0 saturated carbocycles. The molecule has 1 atom stereocenters. The van der Waals surface area contributed by atoms with Crippen LogP contribution in [0.4, 0.5) is 0 Å². The zero-order valence-corrected chi connectivity index (χ0v) is 13.4. The number of rotatable bonds is 10. The number of aliphatic hydroxyl groups is 1. The first-order valence-electron chi connectivity index (χ1n) is 7.28. The summed E-state index contributed by atoms with van der Waals surface area (Å²) >= 11 is 3.38. The second-order valence-corrected chi connectivity index (χ2v) is 5.89. The fourth-order valence-electron chi connectivity index (χ4n) is 1.97. The normalized spacial score (nSPS) is 12.4. The average Bonchev–Trinajstić information content (AvgIpc) is 2.42. The Balaban J connectivity index is 2.04. The molecular weight excluding hydrogens is 304 g/mol. The van der Waals surface area contributed by atoms with Gasteiger partial charge < -0.3 is 9.84 Å². The van der Waals surface area contributed by atoms with Gasteiger partial charge in [-0.25, -0.2) is 0 Å². The lowest BCUT2D eigenvalue weighted by Crippen LogP contribution is -2.17. The smallest absolute Gasteiger partial charge is 0.119 e. The summed E-state index contributed by atoms with van der Waals surface area (Å²) in [5.41, 5.74) is 0. The van der Waals surface area contributed by atoms with Gasteiger partial charge in [-0.3, -0.25) is 0 Å². The van der Waals surface area contributed by atoms with Crippen LogP contribution in [0.3, 0.4) is 0 Å². The van der Waals surface area contributed by atoms with Gasteiger partial charge in [0, 0.05) is 4.47 Å². The lowest BCUT2D eigenvalue weighted by Gasteiger charge is -2.12. The molecule has 1 unspecified atom stereocenters. The molecule has 0 aliphatic carbocycles. The third-order valence-corrected chi connectivity index (χ3v) is 3.68. The predicted octanol–water partition coefficient (Wildman–Crippen LogP) is 4.94. The van der Waals surface area contributed by atoms with E-state index in [-0.39, 0.29) is 6.10 Å². The summed E-state index contributed by atoms with van der Waals surface area (Å²) in [6.07, 6.45) is 8.01. The van der Waals surface area contributed by atoms with Crippen molar-refractivity contribution in [1.29, 1.82) is 0 Å². The molecule has 2 nitrogen and oxygen atoms in total. The van der Waals surface area contributed by atoms with Crippen LogP contribution in [0.25, 0.3) is 0 Å². The first-order chi connectivity index (χ1) is 9.22. The minimum Gasteiger partial charge on any atom is -0.491 e. The zero-order valence-electron chi connectivity index (χ0n) is 11.8. The quantitative estimate of drug-likeness (QED) is 0.616. The molecule has 0 amide bonds. The molecule has 0 aliphatic rings. The molecule has 0 spiro atoms. The highest BCUT2D eigenvalue weighted by Crippen LogP contribution is 2.16. The van der Waals surface area contributed by atoms with E-state index in [0.717, 1.165) is 23.1 Å². The Bertz CT molecular complexity index is 324. The minimum atomic E-state index is -0.352. The summed E-state index contributed by atoms with van der Waals surface area (Å²) in [4.78, 5) is 0. The van der Waals surface area contributed by atoms with Crippen molar-refractivity contribution in [2.24, 2.45) is 0 Å². The molecular formula is C16H25BrO2. The van der Waals surface area contributed by atoms with Gasteiger partial charge in [-0.2, -0.15) is 0 Å². The Kier molecular flexibility index (Phi) is 8.93. The topological polar surface area (TPSA) is 29.5 Å². The van der Waals surface area contributed by atoms with Crippen LogP contribution in [-0.2, 0) is 0 Å². The van der Waals surface area contributed by atoms with Crippen LogP contribution < -0.4 is 4.74 Å². The highest BCUT2D eigenvalue weighted by Gasteiger charge is 2.05. The van der Waals surface area contributed by atoms with Crippen molar-refractivity contribution >= 4 is 15.9 Å². The van der Waals surface area contributed by atoms with E-state index in [1.807, 2.05) is 24.3 Å². The summed E-state index contributed by atoms with van der Waals surface area (Å²) in [5, 5.41) is 9.83. The SMILES string of the molecule is CCCCCCCCC(O)COc1ccc(Br)cc1. The van der Waals surface area contributed by atoms with E-state index >= 15 is 0 Å². The van der Waals surface area contributed by atoms with E-state index in [4.69, 9.17) is 4.74 Å². The van der Waals surface area contributed by atoms with Crippen LogP contribution in [0.2, 0.25) is 0 Å². The van der Waals surface area contributed by atoms with E-state index in [0.29, 0.717) is 6.61 Å². The van der Waals surface area contributed by atoms with E-state index in [9.17, 15) is 5.11 Å². The van der Waals surface area contributed by atoms with Gasteiger partial charge in [-0.1, -0.05) is 61.4 Å². The number of halogens is 1. The van der Waals surface area contributed by atoms with Gasteiger partial charge >= 0.3 is 0 Å². The van der Waals surface area contributed by atoms with Crippen LogP contribution in [0.1, 0.15) is 51.9 Å². The molecule has 0 radical (unpaired) electrons. The van der Waals surface area contributed by atoms with Crippen molar-refractivity contribution in [3.05, 3.63) is 28.7 Å². The Labute approximate surface area is 125 Å². The molecule has 0 aliphatic heterocycles. The maximum Gasteiger partial charge on any atom is 0.119 e. The minimum absolute atomic E-state index is 0.352. The summed E-state index contributed by atoms with van der Waals surface area (Å²) in [6.45, 7) is 2.61. The van der Waals surface area contributed by atoms with Gasteiger partial charge in [0.05, 0.1) is 6.10 Å². The van der Waals surface area contributed by atoms with Gasteiger partial charge in [0.2, 0.25) is 0 Å². The molecule has 108 valence electrons. The maximum absolute atomic E-state index is 9.83. The van der Waals surface area contributed by atoms with Crippen LogP contribution in [0.15, 0.2) is 28.7 Å². The Hall–Kier alpha value is -0.540. The third kappa shape index (κ3) is 8.27. The molecule has 0 bridgehead atoms. The average molecular weight is 329 g/mol. The summed E-state index contributed by atoms with van der Waals surface area (Å²) in [5.74, 6) is 0.810. The molecule has 1 aromatic rings. The van der Waals surface area contributed by atoms with Crippen molar-refractivity contribution < 1.29 is 9.84 Å². The number of hydrogen-bond donors (Lipinski definition) is 1. The molecule has 1 N–H and O–H groups in total. The molecule has 1 rings (SSSR count). The monoisotopic (exact) mass is 328 g/mol. The van der Waals surface area contributed by atoms with E-state index in [1.165, 1.54) is 32.1 Å². The molecule has 19 heavy (non-hydrogen) atoms. The predicted molar refractivity (Wildman–Crippen MR) is 83.6 cm³/mol. The van der Waals surface area contributed by atoms with Crippen LogP contribution in [-0.4, -0.2) is 17.8 Å². The lowest BCUT2D eigenvalue weighted by atomic mass is 10.1. The van der Waals surface area contributed by atoms with Gasteiger partial charge in [0.1, 0.15) is 12.4 Å². The molecule has 0 saturated heterocycles. The number of benzene rings is 1. The third-order valence-electron chi connectivity index (χ3n) is 3.15. The van der Waals surface area contributed by atoms with Crippen molar-refractivity contribution in [3.8, 4) is 5.75 Å². The highest BCUT2D eigenvalue weighted by molar-refractivity contribution is 9.10. The fraction of sp³-hybridized carbons (Fsp3) is 0.625. The summed E-state index contributed by atoms with van der Waals surface area (Å²) in [6, 6.07) is 7.69. The van der Waals surface area contributed by atoms with E-state index < -0.39 is 0 Å². The first-order valence-corrected chi connectivity index (χ1v) is 8.08. The maximum atomic E-state index is 9.83. The second-order valence-electron chi connectivity index (χ2n) is 4.98. The fourth-order valence-corrected chi connectivity index (χ4v) is 2.23. The van der Waals surface area contributed by atoms with Gasteiger partial charge in [-0.05, 0) is 30.7 Å². The number of ether oxygens (including phenoxy) is 1. The van der Waals surface area contributed by atoms with Gasteiger partial charge in [-0.15, -0.1) is 0 Å². The molecule has 1 aromatic carbocycles. The van der Waals surface area contributed by atoms with Crippen LogP contribution in [0, 0.1) is 0 Å². The van der Waals surface area contributed by atoms with Crippen LogP contribution in [0.5, 0.6) is 5.75 Å². The van der Waals surface area contributed by atoms with E-state index in [2.05, 4.69) is 22.9 Å². The zero-order chi connectivity index (χ0) is 13.9. The van der Waals surface area contributed by atoms with E-state index in [1.54, 1.807) is 0 Å². The van der Waals surface area contributed by atoms with Gasteiger partial charge in [0.25, 0.3) is 0 Å². The van der Waals surface area contributed by atoms with Gasteiger partial charge in [0.15, 0.2) is 0 Å². The molecule has 3 heteroatoms. The Morgan fingerprint density at radius 3 is 2.37 bits per heavy atom. The van der Waals surface area contributed by atoms with Crippen molar-refractivity contribution in [2.45, 2.75) is 58.0 Å². The van der Waals surface area contributed by atoms with Crippen molar-refractivity contribution in [2.75, 3.05) is 6.61 Å². The molecule has 0 aromatic heterocycles. The highest BCUT2D eigenvalue weighted by atomic mass is 79.9. The summed E-state index contributed by atoms with van der Waals surface area (Å²) < 4.78 is 6.58.